The molecule has 0 aliphatic rings. The van der Waals surface area contributed by atoms with Gasteiger partial charge in [0, 0.05) is 6.54 Å². The van der Waals surface area contributed by atoms with E-state index in [4.69, 9.17) is 4.43 Å². The smallest absolute Gasteiger partial charge is 0.310 e. The van der Waals surface area contributed by atoms with Crippen LogP contribution in [-0.2, 0) is 15.8 Å². The number of carbonyl (C=O) groups is 1. The molecule has 1 N–H and O–H groups in total. The average Bonchev–Trinajstić information content (AvgIpc) is 2.29. The zero-order valence-electron chi connectivity index (χ0n) is 13.5. The summed E-state index contributed by atoms with van der Waals surface area (Å²) in [6.45, 7) is 12.9. The lowest BCUT2D eigenvalue weighted by Crippen LogP contribution is -2.45. The van der Waals surface area contributed by atoms with Crippen molar-refractivity contribution in [1.82, 2.24) is 5.32 Å². The SMILES string of the molecule is Cc1ccc(CNC(C(=O)O[Si](C)(C)C)C(C)C)cc1. The molecule has 0 heterocycles. The van der Waals surface area contributed by atoms with Crippen LogP contribution in [0.4, 0.5) is 0 Å². The van der Waals surface area contributed by atoms with E-state index in [1.165, 1.54) is 11.1 Å². The van der Waals surface area contributed by atoms with Crippen LogP contribution in [0.3, 0.4) is 0 Å². The molecule has 1 rings (SSSR count). The quantitative estimate of drug-likeness (QED) is 0.816. The number of carbonyl (C=O) groups excluding carboxylic acids is 1. The lowest BCUT2D eigenvalue weighted by atomic mass is 10.0. The summed E-state index contributed by atoms with van der Waals surface area (Å²) in [6, 6.07) is 8.10. The highest BCUT2D eigenvalue weighted by Crippen LogP contribution is 2.11. The molecule has 0 radical (unpaired) electrons. The van der Waals surface area contributed by atoms with Gasteiger partial charge in [-0.1, -0.05) is 43.7 Å². The van der Waals surface area contributed by atoms with Gasteiger partial charge in [0.05, 0.1) is 0 Å². The molecule has 0 spiro atoms. The minimum absolute atomic E-state index is 0.119. The first-order valence-electron chi connectivity index (χ1n) is 7.21. The molecule has 20 heavy (non-hydrogen) atoms. The molecule has 1 unspecified atom stereocenters. The van der Waals surface area contributed by atoms with Crippen molar-refractivity contribution in [1.29, 1.82) is 0 Å². The van der Waals surface area contributed by atoms with Crippen LogP contribution in [0.2, 0.25) is 19.6 Å². The molecule has 4 heteroatoms. The van der Waals surface area contributed by atoms with Crippen LogP contribution in [0, 0.1) is 12.8 Å². The monoisotopic (exact) mass is 293 g/mol. The van der Waals surface area contributed by atoms with Gasteiger partial charge in [-0.2, -0.15) is 0 Å². The van der Waals surface area contributed by atoms with Crippen molar-refractivity contribution in [2.75, 3.05) is 0 Å². The highest BCUT2D eigenvalue weighted by Gasteiger charge is 2.28. The predicted octanol–water partition coefficient (Wildman–Crippen LogP) is 3.49. The van der Waals surface area contributed by atoms with Crippen molar-refractivity contribution >= 4 is 14.3 Å². The molecule has 0 aromatic heterocycles. The van der Waals surface area contributed by atoms with E-state index in [-0.39, 0.29) is 17.9 Å². The normalized spacial score (nSPS) is 13.3. The molecular formula is C16H27NO2Si. The number of hydrogen-bond donors (Lipinski definition) is 1. The lowest BCUT2D eigenvalue weighted by molar-refractivity contribution is -0.138. The fourth-order valence-electron chi connectivity index (χ4n) is 1.89. The predicted molar refractivity (Wildman–Crippen MR) is 86.1 cm³/mol. The van der Waals surface area contributed by atoms with E-state index in [9.17, 15) is 4.79 Å². The first-order chi connectivity index (χ1) is 9.19. The van der Waals surface area contributed by atoms with Gasteiger partial charge in [0.25, 0.3) is 0 Å². The lowest BCUT2D eigenvalue weighted by Gasteiger charge is -2.26. The Labute approximate surface area is 123 Å². The maximum absolute atomic E-state index is 12.2. The van der Waals surface area contributed by atoms with Crippen LogP contribution < -0.4 is 5.32 Å². The minimum atomic E-state index is -1.83. The number of nitrogens with one attached hydrogen (secondary N) is 1. The van der Waals surface area contributed by atoms with Crippen LogP contribution in [0.5, 0.6) is 0 Å². The summed E-state index contributed by atoms with van der Waals surface area (Å²) < 4.78 is 5.61. The Bertz CT molecular complexity index is 435. The van der Waals surface area contributed by atoms with Crippen LogP contribution in [-0.4, -0.2) is 20.3 Å². The van der Waals surface area contributed by atoms with Gasteiger partial charge in [-0.3, -0.25) is 4.79 Å². The Morgan fingerprint density at radius 1 is 1.20 bits per heavy atom. The largest absolute Gasteiger partial charge is 0.519 e. The summed E-state index contributed by atoms with van der Waals surface area (Å²) in [5, 5.41) is 3.32. The molecule has 0 aliphatic carbocycles. The van der Waals surface area contributed by atoms with Gasteiger partial charge in [0.1, 0.15) is 6.04 Å². The number of hydrogen-bond acceptors (Lipinski definition) is 3. The second-order valence-corrected chi connectivity index (χ2v) is 11.1. The molecule has 0 aliphatic heterocycles. The van der Waals surface area contributed by atoms with E-state index >= 15 is 0 Å². The highest BCUT2D eigenvalue weighted by molar-refractivity contribution is 6.71. The molecule has 0 saturated carbocycles. The summed E-state index contributed by atoms with van der Waals surface area (Å²) in [6.07, 6.45) is 0. The van der Waals surface area contributed by atoms with Gasteiger partial charge in [0.2, 0.25) is 8.32 Å². The van der Waals surface area contributed by atoms with Crippen LogP contribution in [0.1, 0.15) is 25.0 Å². The van der Waals surface area contributed by atoms with E-state index in [1.54, 1.807) is 0 Å². The highest BCUT2D eigenvalue weighted by atomic mass is 28.4. The molecule has 0 fully saturated rings. The fourth-order valence-corrected chi connectivity index (χ4v) is 2.62. The van der Waals surface area contributed by atoms with Gasteiger partial charge >= 0.3 is 5.97 Å². The van der Waals surface area contributed by atoms with Crippen molar-refractivity contribution in [3.63, 3.8) is 0 Å². The summed E-state index contributed by atoms with van der Waals surface area (Å²) in [5.74, 6) is 0.0931. The van der Waals surface area contributed by atoms with Crippen LogP contribution >= 0.6 is 0 Å². The van der Waals surface area contributed by atoms with E-state index in [2.05, 4.69) is 36.5 Å². The molecule has 1 aromatic carbocycles. The maximum atomic E-state index is 12.2. The molecule has 1 aromatic rings. The molecule has 112 valence electrons. The number of rotatable bonds is 6. The van der Waals surface area contributed by atoms with Crippen molar-refractivity contribution in [2.45, 2.75) is 53.0 Å². The van der Waals surface area contributed by atoms with Crippen molar-refractivity contribution in [2.24, 2.45) is 5.92 Å². The fraction of sp³-hybridized carbons (Fsp3) is 0.562. The Hall–Kier alpha value is -1.13. The summed E-state index contributed by atoms with van der Waals surface area (Å²) in [5.41, 5.74) is 2.43. The van der Waals surface area contributed by atoms with E-state index in [0.717, 1.165) is 0 Å². The van der Waals surface area contributed by atoms with Crippen LogP contribution in [0.25, 0.3) is 0 Å². The standard InChI is InChI=1S/C16H27NO2Si/c1-12(2)15(16(18)19-20(4,5)6)17-11-14-9-7-13(3)8-10-14/h7-10,12,15,17H,11H2,1-6H3. The topological polar surface area (TPSA) is 38.3 Å². The molecule has 0 bridgehead atoms. The summed E-state index contributed by atoms with van der Waals surface area (Å²) in [4.78, 5) is 12.2. The number of aryl methyl sites for hydroxylation is 1. The number of benzene rings is 1. The zero-order valence-corrected chi connectivity index (χ0v) is 14.5. The van der Waals surface area contributed by atoms with Gasteiger partial charge in [-0.25, -0.2) is 0 Å². The van der Waals surface area contributed by atoms with Gasteiger partial charge in [-0.15, -0.1) is 0 Å². The van der Waals surface area contributed by atoms with Crippen molar-refractivity contribution in [3.05, 3.63) is 35.4 Å². The summed E-state index contributed by atoms with van der Waals surface area (Å²) >= 11 is 0. The maximum Gasteiger partial charge on any atom is 0.310 e. The van der Waals surface area contributed by atoms with Crippen molar-refractivity contribution < 1.29 is 9.22 Å². The third-order valence-corrected chi connectivity index (χ3v) is 3.79. The Morgan fingerprint density at radius 3 is 2.20 bits per heavy atom. The third-order valence-electron chi connectivity index (χ3n) is 2.97. The summed E-state index contributed by atoms with van der Waals surface area (Å²) in [7, 11) is -1.83. The Kier molecular flexibility index (Phi) is 5.96. The third kappa shape index (κ3) is 5.88. The molecule has 0 saturated heterocycles. The van der Waals surface area contributed by atoms with E-state index in [0.29, 0.717) is 6.54 Å². The second kappa shape index (κ2) is 7.04. The molecule has 0 amide bonds. The van der Waals surface area contributed by atoms with E-state index < -0.39 is 8.32 Å². The minimum Gasteiger partial charge on any atom is -0.519 e. The Balaban J connectivity index is 2.63. The molecule has 3 nitrogen and oxygen atoms in total. The van der Waals surface area contributed by atoms with Crippen LogP contribution in [0.15, 0.2) is 24.3 Å². The first-order valence-corrected chi connectivity index (χ1v) is 10.6. The first kappa shape index (κ1) is 16.9. The second-order valence-electron chi connectivity index (χ2n) is 6.62. The Morgan fingerprint density at radius 2 is 1.75 bits per heavy atom. The zero-order chi connectivity index (χ0) is 15.3. The molecule has 1 atom stereocenters. The van der Waals surface area contributed by atoms with E-state index in [1.807, 2.05) is 33.5 Å². The average molecular weight is 293 g/mol. The molecular weight excluding hydrogens is 266 g/mol. The van der Waals surface area contributed by atoms with Gasteiger partial charge < -0.3 is 9.74 Å². The van der Waals surface area contributed by atoms with Gasteiger partial charge in [-0.05, 0) is 38.0 Å². The van der Waals surface area contributed by atoms with Gasteiger partial charge in [0.15, 0.2) is 0 Å². The van der Waals surface area contributed by atoms with Crippen molar-refractivity contribution in [3.8, 4) is 0 Å².